The topological polar surface area (TPSA) is 97.4 Å². The van der Waals surface area contributed by atoms with Crippen molar-refractivity contribution in [2.75, 3.05) is 20.3 Å². The van der Waals surface area contributed by atoms with Crippen LogP contribution in [0.1, 0.15) is 20.8 Å². The molecule has 1 saturated heterocycles. The molecule has 8 heteroatoms. The Balaban J connectivity index is 2.97. The van der Waals surface area contributed by atoms with Crippen LogP contribution < -0.4 is 0 Å². The van der Waals surface area contributed by atoms with Crippen molar-refractivity contribution in [2.24, 2.45) is 0 Å². The minimum Gasteiger partial charge on any atom is -0.456 e. The number of carbonyl (C=O) groups is 3. The van der Waals surface area contributed by atoms with Crippen molar-refractivity contribution in [3.63, 3.8) is 0 Å². The molecular formula is C13H20O8. The van der Waals surface area contributed by atoms with Gasteiger partial charge in [0.2, 0.25) is 0 Å². The molecule has 0 N–H and O–H groups in total. The molecule has 0 spiro atoms. The highest BCUT2D eigenvalue weighted by molar-refractivity contribution is 5.68. The number of rotatable bonds is 5. The molecule has 0 aromatic rings. The second-order valence-electron chi connectivity index (χ2n) is 4.62. The van der Waals surface area contributed by atoms with Gasteiger partial charge < -0.3 is 23.7 Å². The van der Waals surface area contributed by atoms with Gasteiger partial charge in [-0.05, 0) is 0 Å². The van der Waals surface area contributed by atoms with Crippen LogP contribution >= 0.6 is 0 Å². The first-order chi connectivity index (χ1) is 9.85. The summed E-state index contributed by atoms with van der Waals surface area (Å²) >= 11 is 0. The number of methoxy groups -OCH3 is 1. The molecule has 1 rings (SSSR count). The van der Waals surface area contributed by atoms with Crippen LogP contribution in [0.5, 0.6) is 0 Å². The summed E-state index contributed by atoms with van der Waals surface area (Å²) in [7, 11) is 1.47. The van der Waals surface area contributed by atoms with E-state index >= 15 is 0 Å². The van der Waals surface area contributed by atoms with Crippen molar-refractivity contribution in [3.8, 4) is 0 Å². The van der Waals surface area contributed by atoms with Crippen LogP contribution in [-0.2, 0) is 38.1 Å². The van der Waals surface area contributed by atoms with E-state index in [0.29, 0.717) is 0 Å². The molecule has 0 aromatic carbocycles. The van der Waals surface area contributed by atoms with Gasteiger partial charge in [0.05, 0.1) is 13.2 Å². The normalized spacial score (nSPS) is 28.6. The Bertz CT molecular complexity index is 394. The van der Waals surface area contributed by atoms with E-state index in [2.05, 4.69) is 0 Å². The lowest BCUT2D eigenvalue weighted by Gasteiger charge is -2.40. The summed E-state index contributed by atoms with van der Waals surface area (Å²) in [6.07, 6.45) is -3.31. The Kier molecular flexibility index (Phi) is 6.57. The van der Waals surface area contributed by atoms with Crippen LogP contribution in [0.4, 0.5) is 0 Å². The van der Waals surface area contributed by atoms with Crippen molar-refractivity contribution in [3.05, 3.63) is 0 Å². The molecule has 120 valence electrons. The van der Waals surface area contributed by atoms with E-state index in [9.17, 15) is 14.4 Å². The maximum Gasteiger partial charge on any atom is 0.303 e. The van der Waals surface area contributed by atoms with E-state index in [1.54, 1.807) is 0 Å². The lowest BCUT2D eigenvalue weighted by atomic mass is 9.99. The summed E-state index contributed by atoms with van der Waals surface area (Å²) in [5.41, 5.74) is 0. The quantitative estimate of drug-likeness (QED) is 0.510. The van der Waals surface area contributed by atoms with Gasteiger partial charge in [0, 0.05) is 27.9 Å². The second-order valence-corrected chi connectivity index (χ2v) is 4.62. The molecule has 1 heterocycles. The average molecular weight is 304 g/mol. The first kappa shape index (κ1) is 17.4. The third-order valence-corrected chi connectivity index (χ3v) is 2.78. The van der Waals surface area contributed by atoms with Gasteiger partial charge in [-0.15, -0.1) is 0 Å². The summed E-state index contributed by atoms with van der Waals surface area (Å²) in [5.74, 6) is -1.69. The van der Waals surface area contributed by atoms with Crippen LogP contribution in [0.2, 0.25) is 0 Å². The smallest absolute Gasteiger partial charge is 0.303 e. The van der Waals surface area contributed by atoms with Gasteiger partial charge in [-0.25, -0.2) is 0 Å². The van der Waals surface area contributed by atoms with Crippen molar-refractivity contribution in [1.29, 1.82) is 0 Å². The molecule has 0 aromatic heterocycles. The minimum absolute atomic E-state index is 0.0172. The molecular weight excluding hydrogens is 284 g/mol. The van der Waals surface area contributed by atoms with Gasteiger partial charge in [0.1, 0.15) is 6.10 Å². The van der Waals surface area contributed by atoms with Crippen LogP contribution in [0.3, 0.4) is 0 Å². The fourth-order valence-electron chi connectivity index (χ4n) is 2.12. The summed E-state index contributed by atoms with van der Waals surface area (Å²) in [4.78, 5) is 33.6. The lowest BCUT2D eigenvalue weighted by molar-refractivity contribution is -0.230. The van der Waals surface area contributed by atoms with E-state index in [0.717, 1.165) is 0 Å². The molecule has 1 fully saturated rings. The highest BCUT2D eigenvalue weighted by Crippen LogP contribution is 2.24. The molecule has 8 nitrogen and oxygen atoms in total. The van der Waals surface area contributed by atoms with E-state index in [1.165, 1.54) is 27.9 Å². The molecule has 0 bridgehead atoms. The summed E-state index contributed by atoms with van der Waals surface area (Å²) < 4.78 is 25.9. The maximum atomic E-state index is 11.3. The lowest BCUT2D eigenvalue weighted by Crippen LogP contribution is -2.58. The zero-order valence-corrected chi connectivity index (χ0v) is 12.5. The molecule has 21 heavy (non-hydrogen) atoms. The molecule has 1 aliphatic rings. The zero-order valence-electron chi connectivity index (χ0n) is 12.5. The SMILES string of the molecule is COC[C@H]1OC[C@H](OC(C)=O)[C@@H](OC(C)=O)[C@H]1OC(C)=O. The Labute approximate surface area is 122 Å². The minimum atomic E-state index is -0.941. The van der Waals surface area contributed by atoms with Crippen molar-refractivity contribution in [2.45, 2.75) is 45.2 Å². The Hall–Kier alpha value is -1.67. The fraction of sp³-hybridized carbons (Fsp3) is 0.769. The molecule has 0 saturated carbocycles. The Morgan fingerprint density at radius 3 is 1.95 bits per heavy atom. The number of ether oxygens (including phenoxy) is 5. The molecule has 0 unspecified atom stereocenters. The van der Waals surface area contributed by atoms with Crippen LogP contribution in [-0.4, -0.2) is 62.6 Å². The first-order valence-corrected chi connectivity index (χ1v) is 6.47. The summed E-state index contributed by atoms with van der Waals surface area (Å²) in [5, 5.41) is 0. The third-order valence-electron chi connectivity index (χ3n) is 2.78. The standard InChI is InChI=1S/C13H20O8/c1-7(14)19-11-6-18-10(5-17-4)12(20-8(2)15)13(11)21-9(3)16/h10-13H,5-6H2,1-4H3/t10-,11+,12+,13-/m1/s1. The number of hydrogen-bond donors (Lipinski definition) is 0. The third kappa shape index (κ3) is 5.31. The molecule has 0 radical (unpaired) electrons. The van der Waals surface area contributed by atoms with Crippen LogP contribution in [0.25, 0.3) is 0 Å². The first-order valence-electron chi connectivity index (χ1n) is 6.47. The van der Waals surface area contributed by atoms with Gasteiger partial charge >= 0.3 is 17.9 Å². The zero-order chi connectivity index (χ0) is 16.0. The monoisotopic (exact) mass is 304 g/mol. The highest BCUT2D eigenvalue weighted by atomic mass is 16.6. The van der Waals surface area contributed by atoms with Crippen molar-refractivity contribution >= 4 is 17.9 Å². The van der Waals surface area contributed by atoms with Gasteiger partial charge in [-0.3, -0.25) is 14.4 Å². The molecule has 1 aliphatic heterocycles. The molecule has 4 atom stereocenters. The van der Waals surface area contributed by atoms with Crippen molar-refractivity contribution in [1.82, 2.24) is 0 Å². The second kappa shape index (κ2) is 7.94. The number of esters is 3. The van der Waals surface area contributed by atoms with Gasteiger partial charge in [-0.2, -0.15) is 0 Å². The van der Waals surface area contributed by atoms with E-state index < -0.39 is 42.3 Å². The molecule has 0 amide bonds. The Morgan fingerprint density at radius 2 is 1.48 bits per heavy atom. The predicted molar refractivity (Wildman–Crippen MR) is 68.3 cm³/mol. The summed E-state index contributed by atoms with van der Waals surface area (Å²) in [6, 6.07) is 0. The van der Waals surface area contributed by atoms with E-state index in [-0.39, 0.29) is 13.2 Å². The maximum absolute atomic E-state index is 11.3. The largest absolute Gasteiger partial charge is 0.456 e. The van der Waals surface area contributed by atoms with Gasteiger partial charge in [0.15, 0.2) is 18.3 Å². The fourth-order valence-corrected chi connectivity index (χ4v) is 2.12. The van der Waals surface area contributed by atoms with E-state index in [4.69, 9.17) is 23.7 Å². The number of hydrogen-bond acceptors (Lipinski definition) is 8. The van der Waals surface area contributed by atoms with Gasteiger partial charge in [0.25, 0.3) is 0 Å². The summed E-state index contributed by atoms with van der Waals surface area (Å²) in [6.45, 7) is 3.83. The highest BCUT2D eigenvalue weighted by Gasteiger charge is 2.46. The van der Waals surface area contributed by atoms with Crippen molar-refractivity contribution < 1.29 is 38.1 Å². The van der Waals surface area contributed by atoms with E-state index in [1.807, 2.05) is 0 Å². The van der Waals surface area contributed by atoms with Crippen LogP contribution in [0, 0.1) is 0 Å². The Morgan fingerprint density at radius 1 is 0.952 bits per heavy atom. The number of carbonyl (C=O) groups excluding carboxylic acids is 3. The molecule has 0 aliphatic carbocycles. The van der Waals surface area contributed by atoms with Crippen LogP contribution in [0.15, 0.2) is 0 Å². The average Bonchev–Trinajstić information content (AvgIpc) is 2.35. The predicted octanol–water partition coefficient (Wildman–Crippen LogP) is -0.173. The van der Waals surface area contributed by atoms with Gasteiger partial charge in [-0.1, -0.05) is 0 Å².